The number of rotatable bonds is 5. The number of imide groups is 1. The Morgan fingerprint density at radius 1 is 0.750 bits per heavy atom. The summed E-state index contributed by atoms with van der Waals surface area (Å²) in [7, 11) is 0. The lowest BCUT2D eigenvalue weighted by atomic mass is 10.2. The lowest BCUT2D eigenvalue weighted by molar-refractivity contribution is -0.119. The fraction of sp³-hybridized carbons (Fsp3) is 0.0385. The number of amides is 2. The topological polar surface area (TPSA) is 53.5 Å². The molecule has 0 fully saturated rings. The fourth-order valence-electron chi connectivity index (χ4n) is 3.66. The number of aryl methyl sites for hydroxylation is 1. The lowest BCUT2D eigenvalue weighted by Crippen LogP contribution is -2.29. The Kier molecular flexibility index (Phi) is 5.13. The van der Waals surface area contributed by atoms with Crippen molar-refractivity contribution in [2.75, 3.05) is 9.80 Å². The third-order valence-corrected chi connectivity index (χ3v) is 6.38. The average Bonchev–Trinajstić information content (AvgIpc) is 3.37. The summed E-state index contributed by atoms with van der Waals surface area (Å²) in [5.74, 6) is -0.645. The summed E-state index contributed by atoms with van der Waals surface area (Å²) in [5.41, 5.74) is 4.53. The van der Waals surface area contributed by atoms with Gasteiger partial charge < -0.3 is 4.90 Å². The Balaban J connectivity index is 1.52. The van der Waals surface area contributed by atoms with Crippen LogP contribution in [0.2, 0.25) is 0 Å². The first-order valence-electron chi connectivity index (χ1n) is 10.2. The normalized spacial score (nSPS) is 13.1. The van der Waals surface area contributed by atoms with Crippen LogP contribution in [-0.2, 0) is 9.59 Å². The minimum Gasteiger partial charge on any atom is -0.300 e. The van der Waals surface area contributed by atoms with Gasteiger partial charge in [-0.15, -0.1) is 0 Å². The monoisotopic (exact) mass is 437 g/mol. The molecule has 0 saturated heterocycles. The highest BCUT2D eigenvalue weighted by Crippen LogP contribution is 2.42. The number of hydrogen-bond acceptors (Lipinski definition) is 5. The van der Waals surface area contributed by atoms with Gasteiger partial charge in [0.2, 0.25) is 0 Å². The summed E-state index contributed by atoms with van der Waals surface area (Å²) < 4.78 is 0. The second kappa shape index (κ2) is 8.24. The van der Waals surface area contributed by atoms with Crippen LogP contribution in [0.25, 0.3) is 10.6 Å². The van der Waals surface area contributed by atoms with Crippen molar-refractivity contribution >= 4 is 45.2 Å². The van der Waals surface area contributed by atoms with Crippen molar-refractivity contribution in [3.05, 3.63) is 103 Å². The van der Waals surface area contributed by atoms with Crippen LogP contribution in [-0.4, -0.2) is 16.8 Å². The molecular formula is C26H19N3O2S. The van der Waals surface area contributed by atoms with Crippen LogP contribution >= 0.6 is 11.3 Å². The molecule has 0 radical (unpaired) electrons. The molecule has 4 aromatic rings. The van der Waals surface area contributed by atoms with E-state index in [0.717, 1.165) is 37.5 Å². The molecule has 1 aliphatic rings. The van der Waals surface area contributed by atoms with Gasteiger partial charge >= 0.3 is 0 Å². The van der Waals surface area contributed by atoms with Gasteiger partial charge in [0.15, 0.2) is 0 Å². The van der Waals surface area contributed by atoms with Crippen molar-refractivity contribution in [1.29, 1.82) is 0 Å². The van der Waals surface area contributed by atoms with Gasteiger partial charge in [-0.25, -0.2) is 9.88 Å². The maximum absolute atomic E-state index is 11.9. The molecule has 1 aromatic heterocycles. The number of anilines is 4. The molecular weight excluding hydrogens is 418 g/mol. The van der Waals surface area contributed by atoms with Gasteiger partial charge in [-0.05, 0) is 55.5 Å². The van der Waals surface area contributed by atoms with E-state index in [2.05, 4.69) is 29.2 Å². The maximum atomic E-state index is 11.9. The zero-order chi connectivity index (χ0) is 22.1. The van der Waals surface area contributed by atoms with Crippen LogP contribution in [0.1, 0.15) is 5.69 Å². The molecule has 0 N–H and O–H groups in total. The van der Waals surface area contributed by atoms with Gasteiger partial charge in [-0.3, -0.25) is 9.59 Å². The van der Waals surface area contributed by atoms with Crippen molar-refractivity contribution in [2.45, 2.75) is 6.92 Å². The minimum absolute atomic E-state index is 0.323. The number of carbonyl (C=O) groups excluding carboxylic acids is 2. The highest BCUT2D eigenvalue weighted by Gasteiger charge is 2.25. The van der Waals surface area contributed by atoms with Crippen LogP contribution in [0.3, 0.4) is 0 Å². The number of thiazole rings is 1. The molecule has 5 rings (SSSR count). The second-order valence-electron chi connectivity index (χ2n) is 7.31. The molecule has 6 heteroatoms. The number of aromatic nitrogens is 1. The van der Waals surface area contributed by atoms with Crippen LogP contribution < -0.4 is 9.80 Å². The molecule has 1 aliphatic heterocycles. The first-order chi connectivity index (χ1) is 15.6. The standard InChI is InChI=1S/C26H19N3O2S/c1-18-26(28(20-8-4-2-5-9-20)21-10-6-3-7-11-21)32-25(27-18)19-12-14-22(15-13-19)29-23(30)16-17-24(29)31/h2-17H,1H3. The molecule has 0 unspecified atom stereocenters. The van der Waals surface area contributed by atoms with E-state index in [1.54, 1.807) is 23.5 Å². The molecule has 0 atom stereocenters. The number of carbonyl (C=O) groups is 2. The van der Waals surface area contributed by atoms with Crippen molar-refractivity contribution < 1.29 is 9.59 Å². The van der Waals surface area contributed by atoms with Crippen molar-refractivity contribution in [3.63, 3.8) is 0 Å². The molecule has 2 heterocycles. The first kappa shape index (κ1) is 19.9. The number of hydrogen-bond donors (Lipinski definition) is 0. The first-order valence-corrected chi connectivity index (χ1v) is 11.0. The Labute approximate surface area is 189 Å². The van der Waals surface area contributed by atoms with Crippen LogP contribution in [0.5, 0.6) is 0 Å². The highest BCUT2D eigenvalue weighted by molar-refractivity contribution is 7.19. The Morgan fingerprint density at radius 3 is 1.81 bits per heavy atom. The van der Waals surface area contributed by atoms with Gasteiger partial charge in [-0.2, -0.15) is 0 Å². The molecule has 0 aliphatic carbocycles. The Bertz CT molecular complexity index is 1250. The molecule has 3 aromatic carbocycles. The molecule has 2 amide bonds. The number of nitrogens with zero attached hydrogens (tertiary/aromatic N) is 3. The van der Waals surface area contributed by atoms with E-state index in [9.17, 15) is 9.59 Å². The van der Waals surface area contributed by atoms with Crippen molar-refractivity contribution in [2.24, 2.45) is 0 Å². The zero-order valence-corrected chi connectivity index (χ0v) is 18.1. The Morgan fingerprint density at radius 2 is 1.28 bits per heavy atom. The molecule has 5 nitrogen and oxygen atoms in total. The lowest BCUT2D eigenvalue weighted by Gasteiger charge is -2.23. The van der Waals surface area contributed by atoms with Crippen molar-refractivity contribution in [1.82, 2.24) is 4.98 Å². The molecule has 0 spiro atoms. The van der Waals surface area contributed by atoms with E-state index in [0.29, 0.717) is 5.69 Å². The van der Waals surface area contributed by atoms with E-state index in [1.807, 2.05) is 55.5 Å². The average molecular weight is 438 g/mol. The summed E-state index contributed by atoms with van der Waals surface area (Å²) >= 11 is 1.60. The van der Waals surface area contributed by atoms with Gasteiger partial charge in [-0.1, -0.05) is 47.7 Å². The van der Waals surface area contributed by atoms with E-state index in [1.165, 1.54) is 12.2 Å². The SMILES string of the molecule is Cc1nc(-c2ccc(N3C(=O)C=CC3=O)cc2)sc1N(c1ccccc1)c1ccccc1. The van der Waals surface area contributed by atoms with Crippen LogP contribution in [0.15, 0.2) is 97.1 Å². The Hall–Kier alpha value is -4.03. The fourth-order valence-corrected chi connectivity index (χ4v) is 4.78. The third-order valence-electron chi connectivity index (χ3n) is 5.19. The predicted octanol–water partition coefficient (Wildman–Crippen LogP) is 6.02. The summed E-state index contributed by atoms with van der Waals surface area (Å²) in [6.07, 6.45) is 2.57. The van der Waals surface area contributed by atoms with Crippen molar-refractivity contribution in [3.8, 4) is 10.6 Å². The second-order valence-corrected chi connectivity index (χ2v) is 8.29. The molecule has 0 saturated carbocycles. The van der Waals surface area contributed by atoms with E-state index < -0.39 is 0 Å². The van der Waals surface area contributed by atoms with E-state index >= 15 is 0 Å². The third kappa shape index (κ3) is 3.61. The molecule has 156 valence electrons. The van der Waals surface area contributed by atoms with Gasteiger partial charge in [0.25, 0.3) is 11.8 Å². The largest absolute Gasteiger partial charge is 0.300 e. The van der Waals surface area contributed by atoms with Crippen LogP contribution in [0, 0.1) is 6.92 Å². The van der Waals surface area contributed by atoms with E-state index in [4.69, 9.17) is 4.98 Å². The zero-order valence-electron chi connectivity index (χ0n) is 17.3. The molecule has 0 bridgehead atoms. The maximum Gasteiger partial charge on any atom is 0.258 e. The summed E-state index contributed by atoms with van der Waals surface area (Å²) in [4.78, 5) is 32.1. The smallest absolute Gasteiger partial charge is 0.258 e. The summed E-state index contributed by atoms with van der Waals surface area (Å²) in [6.45, 7) is 2.01. The summed E-state index contributed by atoms with van der Waals surface area (Å²) in [5, 5.41) is 1.91. The van der Waals surface area contributed by atoms with Gasteiger partial charge in [0.1, 0.15) is 10.0 Å². The van der Waals surface area contributed by atoms with Gasteiger partial charge in [0, 0.05) is 29.1 Å². The number of para-hydroxylation sites is 2. The van der Waals surface area contributed by atoms with E-state index in [-0.39, 0.29) is 11.8 Å². The number of benzene rings is 3. The highest BCUT2D eigenvalue weighted by atomic mass is 32.1. The minimum atomic E-state index is -0.323. The van der Waals surface area contributed by atoms with Gasteiger partial charge in [0.05, 0.1) is 11.4 Å². The summed E-state index contributed by atoms with van der Waals surface area (Å²) in [6, 6.07) is 27.8. The molecule has 32 heavy (non-hydrogen) atoms. The predicted molar refractivity (Wildman–Crippen MR) is 129 cm³/mol. The van der Waals surface area contributed by atoms with Crippen LogP contribution in [0.4, 0.5) is 22.1 Å². The quantitative estimate of drug-likeness (QED) is 0.358.